The fraction of sp³-hybridized carbons (Fsp3) is 0. The van der Waals surface area contributed by atoms with Crippen LogP contribution in [0.1, 0.15) is 5.56 Å². The highest BCUT2D eigenvalue weighted by atomic mass is 32.2. The highest BCUT2D eigenvalue weighted by molar-refractivity contribution is 7.85. The zero-order valence-electron chi connectivity index (χ0n) is 13.8. The smallest absolute Gasteiger partial charge is 0.294 e. The molecule has 0 fully saturated rings. The van der Waals surface area contributed by atoms with E-state index in [4.69, 9.17) is 4.55 Å². The maximum absolute atomic E-state index is 13.8. The van der Waals surface area contributed by atoms with E-state index in [2.05, 4.69) is 0 Å². The second-order valence-electron chi connectivity index (χ2n) is 5.69. The third kappa shape index (κ3) is 4.02. The average molecular weight is 384 g/mol. The van der Waals surface area contributed by atoms with E-state index < -0.39 is 17.3 Å². The molecule has 0 radical (unpaired) electrons. The summed E-state index contributed by atoms with van der Waals surface area (Å²) in [5.41, 5.74) is 0.685. The topological polar surface area (TPSA) is 71.4 Å². The number of hydrogen-bond donors (Lipinski definition) is 1. The third-order valence-electron chi connectivity index (χ3n) is 3.93. The van der Waals surface area contributed by atoms with Crippen LogP contribution in [-0.2, 0) is 14.7 Å². The van der Waals surface area contributed by atoms with Crippen molar-refractivity contribution in [3.8, 4) is 0 Å². The molecule has 0 spiro atoms. The van der Waals surface area contributed by atoms with Gasteiger partial charge in [0.1, 0.15) is 0 Å². The summed E-state index contributed by atoms with van der Waals surface area (Å²) in [5, 5.41) is 1.44. The van der Waals surface area contributed by atoms with Crippen molar-refractivity contribution in [2.75, 3.05) is 0 Å². The summed E-state index contributed by atoms with van der Waals surface area (Å²) in [6.07, 6.45) is 1.70. The van der Waals surface area contributed by atoms with Gasteiger partial charge in [0.05, 0.1) is 4.90 Å². The molecule has 0 aliphatic rings. The van der Waals surface area contributed by atoms with E-state index in [1.54, 1.807) is 24.0 Å². The van der Waals surface area contributed by atoms with Crippen LogP contribution in [0.4, 0.5) is 0 Å². The Bertz CT molecular complexity index is 1010. The van der Waals surface area contributed by atoms with Crippen molar-refractivity contribution in [1.82, 2.24) is 0 Å². The first kappa shape index (κ1) is 18.3. The van der Waals surface area contributed by atoms with Gasteiger partial charge in [-0.2, -0.15) is 8.42 Å². The van der Waals surface area contributed by atoms with Crippen LogP contribution in [0.15, 0.2) is 95.6 Å². The van der Waals surface area contributed by atoms with Gasteiger partial charge in [0.2, 0.25) is 0 Å². The van der Waals surface area contributed by atoms with Gasteiger partial charge in [0, 0.05) is 10.6 Å². The van der Waals surface area contributed by atoms with Gasteiger partial charge in [0.15, 0.2) is 7.14 Å². The molecule has 6 heteroatoms. The molecule has 3 aromatic rings. The molecule has 0 heterocycles. The lowest BCUT2D eigenvalue weighted by Gasteiger charge is -2.15. The van der Waals surface area contributed by atoms with E-state index in [0.29, 0.717) is 5.56 Å². The van der Waals surface area contributed by atoms with Gasteiger partial charge >= 0.3 is 0 Å². The molecule has 3 rings (SSSR count). The normalized spacial score (nSPS) is 12.3. The van der Waals surface area contributed by atoms with Crippen molar-refractivity contribution in [3.63, 3.8) is 0 Å². The van der Waals surface area contributed by atoms with Crippen LogP contribution < -0.4 is 10.6 Å². The largest absolute Gasteiger partial charge is 0.309 e. The SMILES string of the molecule is O=P(/C=C/c1ccc(S(=O)(=O)O)cc1)(c1ccccc1)c1ccccc1. The second-order valence-corrected chi connectivity index (χ2v) is 9.76. The molecule has 0 amide bonds. The van der Waals surface area contributed by atoms with E-state index in [-0.39, 0.29) is 4.90 Å². The van der Waals surface area contributed by atoms with Crippen LogP contribution in [0.25, 0.3) is 6.08 Å². The van der Waals surface area contributed by atoms with Crippen molar-refractivity contribution < 1.29 is 17.5 Å². The van der Waals surface area contributed by atoms with Crippen molar-refractivity contribution >= 4 is 33.9 Å². The summed E-state index contributed by atoms with van der Waals surface area (Å²) in [6, 6.07) is 24.2. The Morgan fingerprint density at radius 3 is 1.62 bits per heavy atom. The van der Waals surface area contributed by atoms with Gasteiger partial charge in [0.25, 0.3) is 10.1 Å². The zero-order valence-corrected chi connectivity index (χ0v) is 15.5. The highest BCUT2D eigenvalue weighted by Crippen LogP contribution is 2.45. The van der Waals surface area contributed by atoms with Crippen molar-refractivity contribution in [1.29, 1.82) is 0 Å². The minimum absolute atomic E-state index is 0.177. The summed E-state index contributed by atoms with van der Waals surface area (Å²) in [7, 11) is -7.21. The molecule has 4 nitrogen and oxygen atoms in total. The third-order valence-corrected chi connectivity index (χ3v) is 7.50. The maximum Gasteiger partial charge on any atom is 0.294 e. The molecule has 0 unspecified atom stereocenters. The van der Waals surface area contributed by atoms with E-state index in [1.165, 1.54) is 12.1 Å². The predicted molar refractivity (Wildman–Crippen MR) is 105 cm³/mol. The van der Waals surface area contributed by atoms with Crippen molar-refractivity contribution in [2.24, 2.45) is 0 Å². The fourth-order valence-electron chi connectivity index (χ4n) is 2.56. The first-order valence-corrected chi connectivity index (χ1v) is 11.1. The standard InChI is InChI=1S/C20H17O4PS/c21-25(18-7-3-1-4-8-18,19-9-5-2-6-10-19)16-15-17-11-13-20(14-12-17)26(22,23)24/h1-16H,(H,22,23,24)/b16-15+. The lowest BCUT2D eigenvalue weighted by atomic mass is 10.2. The van der Waals surface area contributed by atoms with Crippen LogP contribution in [0.3, 0.4) is 0 Å². The number of hydrogen-bond acceptors (Lipinski definition) is 3. The van der Waals surface area contributed by atoms with E-state index in [0.717, 1.165) is 10.6 Å². The minimum atomic E-state index is -4.23. The highest BCUT2D eigenvalue weighted by Gasteiger charge is 2.23. The molecular formula is C20H17O4PS. The summed E-state index contributed by atoms with van der Waals surface area (Å²) >= 11 is 0. The molecule has 0 atom stereocenters. The molecule has 0 aliphatic heterocycles. The summed E-state index contributed by atoms with van der Waals surface area (Å²) < 4.78 is 45.1. The maximum atomic E-state index is 13.8. The molecule has 1 N–H and O–H groups in total. The van der Waals surface area contributed by atoms with Crippen molar-refractivity contribution in [3.05, 3.63) is 96.3 Å². The molecule has 0 saturated carbocycles. The molecule has 132 valence electrons. The first-order valence-electron chi connectivity index (χ1n) is 7.87. The molecule has 26 heavy (non-hydrogen) atoms. The van der Waals surface area contributed by atoms with Crippen LogP contribution >= 0.6 is 7.14 Å². The first-order chi connectivity index (χ1) is 12.4. The van der Waals surface area contributed by atoms with Gasteiger partial charge in [-0.25, -0.2) is 0 Å². The van der Waals surface area contributed by atoms with E-state index >= 15 is 0 Å². The lowest BCUT2D eigenvalue weighted by Crippen LogP contribution is -2.13. The Labute approximate surface area is 153 Å². The van der Waals surface area contributed by atoms with Crippen LogP contribution in [0.5, 0.6) is 0 Å². The Kier molecular flexibility index (Phi) is 5.23. The fourth-order valence-corrected chi connectivity index (χ4v) is 5.30. The van der Waals surface area contributed by atoms with E-state index in [1.807, 2.05) is 60.7 Å². The van der Waals surface area contributed by atoms with Gasteiger partial charge in [-0.15, -0.1) is 0 Å². The Morgan fingerprint density at radius 2 is 1.19 bits per heavy atom. The molecule has 3 aromatic carbocycles. The van der Waals surface area contributed by atoms with E-state index in [9.17, 15) is 13.0 Å². The summed E-state index contributed by atoms with van der Waals surface area (Å²) in [6.45, 7) is 0. The van der Waals surface area contributed by atoms with Gasteiger partial charge in [-0.05, 0) is 23.5 Å². The van der Waals surface area contributed by atoms with Gasteiger partial charge in [-0.3, -0.25) is 4.55 Å². The molecule has 0 saturated heterocycles. The Morgan fingerprint density at radius 1 is 0.731 bits per heavy atom. The molecule has 0 aliphatic carbocycles. The quantitative estimate of drug-likeness (QED) is 0.535. The summed E-state index contributed by atoms with van der Waals surface area (Å²) in [5.74, 6) is 1.67. The summed E-state index contributed by atoms with van der Waals surface area (Å²) in [4.78, 5) is -0.177. The van der Waals surface area contributed by atoms with Gasteiger partial charge < -0.3 is 4.57 Å². The molecule has 0 aromatic heterocycles. The van der Waals surface area contributed by atoms with Crippen LogP contribution in [0, 0.1) is 0 Å². The minimum Gasteiger partial charge on any atom is -0.309 e. The molecule has 0 bridgehead atoms. The van der Waals surface area contributed by atoms with Crippen molar-refractivity contribution in [2.45, 2.75) is 4.90 Å². The predicted octanol–water partition coefficient (Wildman–Crippen LogP) is 3.92. The van der Waals surface area contributed by atoms with Crippen LogP contribution in [0.2, 0.25) is 0 Å². The second kappa shape index (κ2) is 7.42. The Hall–Kier alpha value is -2.46. The van der Waals surface area contributed by atoms with Crippen LogP contribution in [-0.4, -0.2) is 13.0 Å². The zero-order chi connectivity index (χ0) is 18.6. The Balaban J connectivity index is 2.02. The molecular weight excluding hydrogens is 367 g/mol. The number of rotatable bonds is 5. The monoisotopic (exact) mass is 384 g/mol. The average Bonchev–Trinajstić information content (AvgIpc) is 2.67. The number of benzene rings is 3. The van der Waals surface area contributed by atoms with Gasteiger partial charge in [-0.1, -0.05) is 78.9 Å². The lowest BCUT2D eigenvalue weighted by molar-refractivity contribution is 0.483.